The first-order valence-corrected chi connectivity index (χ1v) is 11.3. The maximum absolute atomic E-state index is 14.8. The first-order chi connectivity index (χ1) is 15.8. The van der Waals surface area contributed by atoms with Gasteiger partial charge in [0.05, 0.1) is 6.61 Å². The van der Waals surface area contributed by atoms with E-state index in [2.05, 4.69) is 23.7 Å². The van der Waals surface area contributed by atoms with Gasteiger partial charge in [0, 0.05) is 37.7 Å². The molecule has 2 aromatic rings. The van der Waals surface area contributed by atoms with Crippen LogP contribution in [0.5, 0.6) is 0 Å². The molecule has 0 aliphatic carbocycles. The molecule has 2 heterocycles. The van der Waals surface area contributed by atoms with Crippen LogP contribution >= 0.6 is 0 Å². The van der Waals surface area contributed by atoms with E-state index in [-0.39, 0.29) is 11.7 Å². The Kier molecular flexibility index (Phi) is 6.72. The molecule has 0 saturated carbocycles. The number of fused-ring (bicyclic) bond motifs is 1. The molecule has 0 aromatic heterocycles. The zero-order valence-electron chi connectivity index (χ0n) is 19.1. The molecule has 0 radical (unpaired) electrons. The molecule has 1 fully saturated rings. The van der Waals surface area contributed by atoms with Crippen molar-refractivity contribution in [1.82, 2.24) is 0 Å². The van der Waals surface area contributed by atoms with Gasteiger partial charge in [-0.05, 0) is 49.2 Å². The quantitative estimate of drug-likeness (QED) is 0.590. The number of aliphatic hydroxyl groups is 3. The Morgan fingerprint density at radius 2 is 1.76 bits per heavy atom. The highest BCUT2D eigenvalue weighted by Gasteiger charge is 2.59. The second-order valence-corrected chi connectivity index (χ2v) is 8.51. The Balaban J connectivity index is 1.67. The number of halogens is 1. The number of aliphatic imine (C=N–C) groups is 1. The zero-order chi connectivity index (χ0) is 23.8. The molecule has 2 unspecified atom stereocenters. The van der Waals surface area contributed by atoms with Crippen LogP contribution in [0.4, 0.5) is 10.1 Å². The van der Waals surface area contributed by atoms with E-state index >= 15 is 0 Å². The third kappa shape index (κ3) is 4.24. The summed E-state index contributed by atoms with van der Waals surface area (Å²) < 4.78 is 26.5. The van der Waals surface area contributed by atoms with Crippen molar-refractivity contribution in [3.05, 3.63) is 65.0 Å². The van der Waals surface area contributed by atoms with E-state index in [9.17, 15) is 19.7 Å². The van der Waals surface area contributed by atoms with Gasteiger partial charge in [-0.15, -0.1) is 0 Å². The van der Waals surface area contributed by atoms with E-state index in [4.69, 9.17) is 9.47 Å². The molecule has 178 valence electrons. The van der Waals surface area contributed by atoms with Crippen molar-refractivity contribution in [2.45, 2.75) is 57.3 Å². The Morgan fingerprint density at radius 3 is 2.39 bits per heavy atom. The first kappa shape index (κ1) is 23.6. The fourth-order valence-electron chi connectivity index (χ4n) is 4.69. The number of anilines is 1. The van der Waals surface area contributed by atoms with Gasteiger partial charge in [0.2, 0.25) is 5.72 Å². The number of aliphatic hydroxyl groups excluding tert-OH is 3. The number of hydrogen-bond acceptors (Lipinski definition) is 7. The molecule has 8 heteroatoms. The minimum atomic E-state index is -1.48. The Bertz CT molecular complexity index is 1010. The summed E-state index contributed by atoms with van der Waals surface area (Å²) in [7, 11) is 0. The van der Waals surface area contributed by atoms with Crippen molar-refractivity contribution in [2.24, 2.45) is 4.99 Å². The number of rotatable bonds is 7. The summed E-state index contributed by atoms with van der Waals surface area (Å²) in [5, 5.41) is 30.6. The highest BCUT2D eigenvalue weighted by Crippen LogP contribution is 2.45. The highest BCUT2D eigenvalue weighted by atomic mass is 19.1. The molecule has 2 aromatic carbocycles. The van der Waals surface area contributed by atoms with Crippen LogP contribution in [0, 0.1) is 5.82 Å². The monoisotopic (exact) mass is 458 g/mol. The van der Waals surface area contributed by atoms with Gasteiger partial charge in [0.1, 0.15) is 24.1 Å². The molecule has 0 bridgehead atoms. The molecule has 7 nitrogen and oxygen atoms in total. The lowest BCUT2D eigenvalue weighted by Gasteiger charge is -2.44. The van der Waals surface area contributed by atoms with E-state index in [1.807, 2.05) is 24.3 Å². The van der Waals surface area contributed by atoms with Gasteiger partial charge in [-0.2, -0.15) is 0 Å². The van der Waals surface area contributed by atoms with E-state index in [0.29, 0.717) is 17.5 Å². The number of nitrogens with zero attached hydrogens (tertiary/aromatic N) is 2. The summed E-state index contributed by atoms with van der Waals surface area (Å²) in [6.07, 6.45) is -4.38. The third-order valence-corrected chi connectivity index (χ3v) is 6.48. The van der Waals surface area contributed by atoms with Crippen LogP contribution in [0.3, 0.4) is 0 Å². The molecular weight excluding hydrogens is 427 g/mol. The molecule has 0 spiro atoms. The smallest absolute Gasteiger partial charge is 0.228 e. The lowest BCUT2D eigenvalue weighted by Crippen LogP contribution is -2.61. The van der Waals surface area contributed by atoms with Gasteiger partial charge >= 0.3 is 0 Å². The molecule has 1 saturated heterocycles. The minimum absolute atomic E-state index is 0.280. The van der Waals surface area contributed by atoms with Gasteiger partial charge < -0.3 is 29.7 Å². The van der Waals surface area contributed by atoms with Gasteiger partial charge in [-0.3, -0.25) is 0 Å². The number of ether oxygens (including phenoxy) is 2. The van der Waals surface area contributed by atoms with Crippen molar-refractivity contribution in [3.8, 4) is 0 Å². The minimum Gasteiger partial charge on any atom is -0.469 e. The van der Waals surface area contributed by atoms with Crippen molar-refractivity contribution in [1.29, 1.82) is 0 Å². The molecule has 5 atom stereocenters. The second kappa shape index (κ2) is 9.38. The van der Waals surface area contributed by atoms with Gasteiger partial charge in [0.15, 0.2) is 12.0 Å². The average molecular weight is 459 g/mol. The zero-order valence-corrected chi connectivity index (χ0v) is 19.1. The number of benzene rings is 2. The molecule has 3 N–H and O–H groups in total. The summed E-state index contributed by atoms with van der Waals surface area (Å²) >= 11 is 0. The standard InChI is InChI=1S/C25H31FN2O5/c1-4-28(5-2)19-9-6-16(7-10-19)12-17-13-18(8-11-20(17)26)25-24(32-15(3)27-25)23(31)22(30)21(14-29)33-25/h6-11,13,21-24,29-31H,4-5,12,14H2,1-3H3/t21-,22-,23+,24?,25?/m1/s1. The predicted molar refractivity (Wildman–Crippen MR) is 123 cm³/mol. The SMILES string of the molecule is CCN(CC)c1ccc(Cc2cc(C34N=C(C)OC3[C@@H](O)[C@H](O)[C@@H](CO)O4)ccc2F)cc1. The summed E-state index contributed by atoms with van der Waals surface area (Å²) in [5.41, 5.74) is 1.52. The molecule has 4 rings (SSSR count). The Labute approximate surface area is 193 Å². The van der Waals surface area contributed by atoms with Gasteiger partial charge in [-0.1, -0.05) is 18.2 Å². The van der Waals surface area contributed by atoms with E-state index in [1.54, 1.807) is 19.1 Å². The second-order valence-electron chi connectivity index (χ2n) is 8.51. The Morgan fingerprint density at radius 1 is 1.06 bits per heavy atom. The fraction of sp³-hybridized carbons (Fsp3) is 0.480. The fourth-order valence-corrected chi connectivity index (χ4v) is 4.69. The molecule has 33 heavy (non-hydrogen) atoms. The predicted octanol–water partition coefficient (Wildman–Crippen LogP) is 2.35. The largest absolute Gasteiger partial charge is 0.469 e. The van der Waals surface area contributed by atoms with E-state index < -0.39 is 36.7 Å². The normalized spacial score (nSPS) is 28.8. The molecule has 2 aliphatic rings. The van der Waals surface area contributed by atoms with Crippen molar-refractivity contribution in [2.75, 3.05) is 24.6 Å². The maximum Gasteiger partial charge on any atom is 0.228 e. The summed E-state index contributed by atoms with van der Waals surface area (Å²) in [6, 6.07) is 12.6. The summed E-state index contributed by atoms with van der Waals surface area (Å²) in [5.74, 6) is -0.0862. The lowest BCUT2D eigenvalue weighted by molar-refractivity contribution is -0.262. The van der Waals surface area contributed by atoms with Crippen LogP contribution in [0.2, 0.25) is 0 Å². The maximum atomic E-state index is 14.8. The van der Waals surface area contributed by atoms with Crippen LogP contribution in [0.1, 0.15) is 37.5 Å². The summed E-state index contributed by atoms with van der Waals surface area (Å²) in [4.78, 5) is 6.72. The van der Waals surface area contributed by atoms with E-state index in [1.165, 1.54) is 6.07 Å². The average Bonchev–Trinajstić information content (AvgIpc) is 3.17. The number of hydrogen-bond donors (Lipinski definition) is 3. The van der Waals surface area contributed by atoms with Crippen molar-refractivity contribution in [3.63, 3.8) is 0 Å². The van der Waals surface area contributed by atoms with E-state index in [0.717, 1.165) is 24.3 Å². The molecule has 2 aliphatic heterocycles. The van der Waals surface area contributed by atoms with Crippen LogP contribution < -0.4 is 4.90 Å². The first-order valence-electron chi connectivity index (χ1n) is 11.3. The third-order valence-electron chi connectivity index (χ3n) is 6.48. The van der Waals surface area contributed by atoms with Crippen LogP contribution in [-0.2, 0) is 21.6 Å². The van der Waals surface area contributed by atoms with Crippen molar-refractivity contribution < 1.29 is 29.2 Å². The van der Waals surface area contributed by atoms with Crippen LogP contribution in [0.15, 0.2) is 47.5 Å². The topological polar surface area (TPSA) is 94.8 Å². The van der Waals surface area contributed by atoms with Crippen LogP contribution in [0.25, 0.3) is 0 Å². The Hall–Kier alpha value is -2.52. The highest BCUT2D eigenvalue weighted by molar-refractivity contribution is 5.76. The van der Waals surface area contributed by atoms with Gasteiger partial charge in [-0.25, -0.2) is 9.38 Å². The van der Waals surface area contributed by atoms with Crippen LogP contribution in [-0.4, -0.2) is 65.3 Å². The summed E-state index contributed by atoms with van der Waals surface area (Å²) in [6.45, 7) is 7.14. The lowest BCUT2D eigenvalue weighted by atomic mass is 9.85. The molecule has 0 amide bonds. The molecular formula is C25H31FN2O5. The van der Waals surface area contributed by atoms with Gasteiger partial charge in [0.25, 0.3) is 0 Å². The van der Waals surface area contributed by atoms with Crippen molar-refractivity contribution >= 4 is 11.6 Å².